The summed E-state index contributed by atoms with van der Waals surface area (Å²) < 4.78 is 5.53. The molecule has 126 valence electrons. The lowest BCUT2D eigenvalue weighted by atomic mass is 9.87. The van der Waals surface area contributed by atoms with Gasteiger partial charge in [0.05, 0.1) is 45.0 Å². The van der Waals surface area contributed by atoms with Crippen LogP contribution in [-0.4, -0.2) is 39.3 Å². The van der Waals surface area contributed by atoms with Gasteiger partial charge in [0.2, 0.25) is 0 Å². The quantitative estimate of drug-likeness (QED) is 0.930. The molecule has 24 heavy (non-hydrogen) atoms. The maximum Gasteiger partial charge on any atom is 0.142 e. The fraction of sp³-hybridized carbons (Fsp3) is 0.429. The highest BCUT2D eigenvalue weighted by atomic mass is 16.5. The number of aryl methyl sites for hydroxylation is 1. The van der Waals surface area contributed by atoms with E-state index in [9.17, 15) is 0 Å². The SMILES string of the molecule is COc1ccccc1N1CC[NH+]([C@@H]2CCc3ccccc3C2)CC1. The number of hydrogen-bond acceptors (Lipinski definition) is 2. The largest absolute Gasteiger partial charge is 0.495 e. The molecule has 0 amide bonds. The summed E-state index contributed by atoms with van der Waals surface area (Å²) in [5.41, 5.74) is 4.39. The number of rotatable bonds is 3. The number of anilines is 1. The van der Waals surface area contributed by atoms with Crippen LogP contribution in [0.15, 0.2) is 48.5 Å². The van der Waals surface area contributed by atoms with Crippen molar-refractivity contribution in [1.29, 1.82) is 0 Å². The average molecular weight is 323 g/mol. The van der Waals surface area contributed by atoms with Crippen molar-refractivity contribution in [1.82, 2.24) is 0 Å². The lowest BCUT2D eigenvalue weighted by molar-refractivity contribution is -0.926. The van der Waals surface area contributed by atoms with E-state index < -0.39 is 0 Å². The van der Waals surface area contributed by atoms with Gasteiger partial charge in [-0.25, -0.2) is 0 Å². The van der Waals surface area contributed by atoms with E-state index in [2.05, 4.69) is 47.4 Å². The van der Waals surface area contributed by atoms with Gasteiger partial charge < -0.3 is 14.5 Å². The molecule has 1 atom stereocenters. The molecule has 1 aliphatic heterocycles. The third kappa shape index (κ3) is 3.01. The van der Waals surface area contributed by atoms with Gasteiger partial charge in [-0.05, 0) is 29.7 Å². The van der Waals surface area contributed by atoms with E-state index in [0.717, 1.165) is 24.9 Å². The van der Waals surface area contributed by atoms with Crippen molar-refractivity contribution < 1.29 is 9.64 Å². The molecule has 1 fully saturated rings. The Morgan fingerprint density at radius 3 is 2.46 bits per heavy atom. The minimum absolute atomic E-state index is 0.791. The molecular formula is C21H27N2O+. The summed E-state index contributed by atoms with van der Waals surface area (Å²) >= 11 is 0. The fourth-order valence-corrected chi connectivity index (χ4v) is 4.38. The first-order valence-corrected chi connectivity index (χ1v) is 9.14. The van der Waals surface area contributed by atoms with E-state index in [1.54, 1.807) is 23.1 Å². The molecule has 1 heterocycles. The standard InChI is InChI=1S/C21H26N2O/c1-24-21-9-5-4-8-20(21)23-14-12-22(13-15-23)19-11-10-17-6-2-3-7-18(17)16-19/h2-9,19H,10-16H2,1H3/p+1/t19-/m1/s1. The van der Waals surface area contributed by atoms with Gasteiger partial charge in [-0.3, -0.25) is 0 Å². The highest BCUT2D eigenvalue weighted by molar-refractivity contribution is 5.58. The molecule has 1 N–H and O–H groups in total. The first-order valence-electron chi connectivity index (χ1n) is 9.14. The van der Waals surface area contributed by atoms with Gasteiger partial charge in [-0.2, -0.15) is 0 Å². The monoisotopic (exact) mass is 323 g/mol. The number of ether oxygens (including phenoxy) is 1. The van der Waals surface area contributed by atoms with Gasteiger partial charge in [0, 0.05) is 12.8 Å². The Kier molecular flexibility index (Phi) is 4.44. The molecule has 0 bridgehead atoms. The van der Waals surface area contributed by atoms with E-state index >= 15 is 0 Å². The fourth-order valence-electron chi connectivity index (χ4n) is 4.38. The second kappa shape index (κ2) is 6.86. The topological polar surface area (TPSA) is 16.9 Å². The van der Waals surface area contributed by atoms with Crippen molar-refractivity contribution in [3.05, 3.63) is 59.7 Å². The van der Waals surface area contributed by atoms with E-state index in [-0.39, 0.29) is 0 Å². The van der Waals surface area contributed by atoms with Crippen LogP contribution in [0.3, 0.4) is 0 Å². The molecule has 3 heteroatoms. The molecule has 4 rings (SSSR count). The Bertz CT molecular complexity index is 692. The number of fused-ring (bicyclic) bond motifs is 1. The highest BCUT2D eigenvalue weighted by Gasteiger charge is 2.30. The maximum atomic E-state index is 5.53. The van der Waals surface area contributed by atoms with Gasteiger partial charge >= 0.3 is 0 Å². The van der Waals surface area contributed by atoms with E-state index in [0.29, 0.717) is 0 Å². The van der Waals surface area contributed by atoms with Crippen LogP contribution in [0, 0.1) is 0 Å². The number of nitrogens with zero attached hydrogens (tertiary/aromatic N) is 1. The minimum atomic E-state index is 0.791. The molecule has 2 aromatic rings. The lowest BCUT2D eigenvalue weighted by Crippen LogP contribution is -3.18. The second-order valence-electron chi connectivity index (χ2n) is 7.03. The summed E-state index contributed by atoms with van der Waals surface area (Å²) in [6.45, 7) is 4.69. The van der Waals surface area contributed by atoms with E-state index in [4.69, 9.17) is 4.74 Å². The number of piperazine rings is 1. The summed E-state index contributed by atoms with van der Waals surface area (Å²) in [4.78, 5) is 4.27. The van der Waals surface area contributed by atoms with Crippen LogP contribution in [0.4, 0.5) is 5.69 Å². The van der Waals surface area contributed by atoms with Crippen LogP contribution >= 0.6 is 0 Å². The number of nitrogens with one attached hydrogen (secondary N) is 1. The number of benzene rings is 2. The molecule has 0 aromatic heterocycles. The average Bonchev–Trinajstić information content (AvgIpc) is 2.67. The van der Waals surface area contributed by atoms with Crippen LogP contribution in [0.2, 0.25) is 0 Å². The zero-order valence-corrected chi connectivity index (χ0v) is 14.5. The predicted molar refractivity (Wildman–Crippen MR) is 98.2 cm³/mol. The molecule has 0 spiro atoms. The third-order valence-electron chi connectivity index (χ3n) is 5.76. The smallest absolute Gasteiger partial charge is 0.142 e. The van der Waals surface area contributed by atoms with Gasteiger partial charge in [-0.15, -0.1) is 0 Å². The summed E-state index contributed by atoms with van der Waals surface area (Å²) in [5.74, 6) is 0.993. The minimum Gasteiger partial charge on any atom is -0.495 e. The Morgan fingerprint density at radius 2 is 1.67 bits per heavy atom. The summed E-state index contributed by atoms with van der Waals surface area (Å²) in [5, 5.41) is 0. The van der Waals surface area contributed by atoms with Gasteiger partial charge in [0.15, 0.2) is 0 Å². The van der Waals surface area contributed by atoms with E-state index in [1.807, 2.05) is 6.07 Å². The van der Waals surface area contributed by atoms with Gasteiger partial charge in [0.25, 0.3) is 0 Å². The van der Waals surface area contributed by atoms with Crippen molar-refractivity contribution in [2.75, 3.05) is 38.2 Å². The molecular weight excluding hydrogens is 296 g/mol. The molecule has 3 nitrogen and oxygen atoms in total. The van der Waals surface area contributed by atoms with E-state index in [1.165, 1.54) is 38.0 Å². The molecule has 2 aliphatic rings. The number of para-hydroxylation sites is 2. The molecule has 0 unspecified atom stereocenters. The van der Waals surface area contributed by atoms with Crippen LogP contribution < -0.4 is 14.5 Å². The zero-order valence-electron chi connectivity index (χ0n) is 14.5. The first kappa shape index (κ1) is 15.5. The lowest BCUT2D eigenvalue weighted by Gasteiger charge is -2.39. The second-order valence-corrected chi connectivity index (χ2v) is 7.03. The van der Waals surface area contributed by atoms with Crippen molar-refractivity contribution in [3.8, 4) is 5.75 Å². The Labute approximate surface area is 144 Å². The Morgan fingerprint density at radius 1 is 0.958 bits per heavy atom. The Hall–Kier alpha value is -2.00. The van der Waals surface area contributed by atoms with Crippen LogP contribution in [0.5, 0.6) is 5.75 Å². The number of methoxy groups -OCH3 is 1. The molecule has 1 saturated heterocycles. The Balaban J connectivity index is 1.40. The molecule has 1 aliphatic carbocycles. The zero-order chi connectivity index (χ0) is 16.4. The number of hydrogen-bond donors (Lipinski definition) is 1. The predicted octanol–water partition coefficient (Wildman–Crippen LogP) is 1.96. The summed E-state index contributed by atoms with van der Waals surface area (Å²) in [7, 11) is 1.76. The first-order chi connectivity index (χ1) is 11.8. The molecule has 2 aromatic carbocycles. The maximum absolute atomic E-state index is 5.53. The van der Waals surface area contributed by atoms with Crippen LogP contribution in [0.1, 0.15) is 17.5 Å². The van der Waals surface area contributed by atoms with Gasteiger partial charge in [-0.1, -0.05) is 36.4 Å². The molecule has 0 saturated carbocycles. The van der Waals surface area contributed by atoms with Crippen LogP contribution in [0.25, 0.3) is 0 Å². The van der Waals surface area contributed by atoms with Crippen molar-refractivity contribution in [2.45, 2.75) is 25.3 Å². The van der Waals surface area contributed by atoms with Crippen molar-refractivity contribution >= 4 is 5.69 Å². The summed E-state index contributed by atoms with van der Waals surface area (Å²) in [6, 6.07) is 18.2. The normalized spacial score (nSPS) is 21.4. The van der Waals surface area contributed by atoms with Crippen molar-refractivity contribution in [3.63, 3.8) is 0 Å². The van der Waals surface area contributed by atoms with Gasteiger partial charge in [0.1, 0.15) is 5.75 Å². The third-order valence-corrected chi connectivity index (χ3v) is 5.76. The highest BCUT2D eigenvalue weighted by Crippen LogP contribution is 2.27. The van der Waals surface area contributed by atoms with Crippen molar-refractivity contribution in [2.24, 2.45) is 0 Å². The molecule has 0 radical (unpaired) electrons. The summed E-state index contributed by atoms with van der Waals surface area (Å²) in [6.07, 6.45) is 3.84. The van der Waals surface area contributed by atoms with Crippen LogP contribution in [-0.2, 0) is 12.8 Å². The number of quaternary nitrogens is 1.